The first kappa shape index (κ1) is 17.8. The summed E-state index contributed by atoms with van der Waals surface area (Å²) in [6.07, 6.45) is 2.12. The highest BCUT2D eigenvalue weighted by molar-refractivity contribution is 9.10. The molecule has 2 N–H and O–H groups in total. The molecule has 0 radical (unpaired) electrons. The number of aryl methyl sites for hydroxylation is 1. The molecular weight excluding hydrogens is 360 g/mol. The van der Waals surface area contributed by atoms with Gasteiger partial charge in [-0.2, -0.15) is 0 Å². The predicted octanol–water partition coefficient (Wildman–Crippen LogP) is 3.22. The second kappa shape index (κ2) is 8.27. The maximum atomic E-state index is 12.2. The molecule has 1 aliphatic rings. The number of carbonyl (C=O) groups excluding carboxylic acids is 1. The van der Waals surface area contributed by atoms with Crippen LogP contribution in [-0.2, 0) is 4.79 Å². The van der Waals surface area contributed by atoms with E-state index >= 15 is 0 Å². The molecule has 20 heavy (non-hydrogen) atoms. The highest BCUT2D eigenvalue weighted by Gasteiger charge is 2.27. The van der Waals surface area contributed by atoms with E-state index in [1.54, 1.807) is 11.8 Å². The van der Waals surface area contributed by atoms with Gasteiger partial charge in [-0.15, -0.1) is 24.2 Å². The third-order valence-corrected chi connectivity index (χ3v) is 5.11. The number of likely N-dealkylation sites (tertiary alicyclic amines) is 1. The zero-order valence-electron chi connectivity index (χ0n) is 11.5. The number of rotatable bonds is 4. The van der Waals surface area contributed by atoms with E-state index in [9.17, 15) is 4.79 Å². The zero-order chi connectivity index (χ0) is 13.8. The lowest BCUT2D eigenvalue weighted by Gasteiger charge is -2.23. The average molecular weight is 380 g/mol. The molecule has 0 aliphatic carbocycles. The van der Waals surface area contributed by atoms with E-state index in [1.807, 2.05) is 11.0 Å². The van der Waals surface area contributed by atoms with Crippen LogP contribution in [0.5, 0.6) is 0 Å². The smallest absolute Gasteiger partial charge is 0.233 e. The van der Waals surface area contributed by atoms with Crippen LogP contribution in [0.2, 0.25) is 0 Å². The van der Waals surface area contributed by atoms with Crippen LogP contribution in [0, 0.1) is 6.92 Å². The van der Waals surface area contributed by atoms with Crippen molar-refractivity contribution >= 4 is 46.0 Å². The van der Waals surface area contributed by atoms with Crippen LogP contribution in [0.15, 0.2) is 27.6 Å². The molecular formula is C14H20BrClN2OS. The first-order valence-corrected chi connectivity index (χ1v) is 8.28. The van der Waals surface area contributed by atoms with E-state index in [2.05, 4.69) is 35.0 Å². The maximum absolute atomic E-state index is 12.2. The number of halogens is 2. The summed E-state index contributed by atoms with van der Waals surface area (Å²) in [5.74, 6) is 0.708. The Labute approximate surface area is 139 Å². The summed E-state index contributed by atoms with van der Waals surface area (Å²) in [5.41, 5.74) is 6.90. The lowest BCUT2D eigenvalue weighted by atomic mass is 10.2. The van der Waals surface area contributed by atoms with Crippen molar-refractivity contribution in [3.8, 4) is 0 Å². The first-order valence-electron chi connectivity index (χ1n) is 6.50. The van der Waals surface area contributed by atoms with E-state index in [1.165, 1.54) is 10.5 Å². The fourth-order valence-corrected chi connectivity index (χ4v) is 3.78. The third-order valence-electron chi connectivity index (χ3n) is 3.46. The van der Waals surface area contributed by atoms with Gasteiger partial charge in [-0.05, 0) is 43.5 Å². The summed E-state index contributed by atoms with van der Waals surface area (Å²) in [6.45, 7) is 3.50. The van der Waals surface area contributed by atoms with Gasteiger partial charge in [-0.25, -0.2) is 0 Å². The van der Waals surface area contributed by atoms with E-state index < -0.39 is 0 Å². The van der Waals surface area contributed by atoms with Crippen LogP contribution in [-0.4, -0.2) is 35.7 Å². The van der Waals surface area contributed by atoms with E-state index in [0.29, 0.717) is 12.3 Å². The molecule has 1 aliphatic heterocycles. The standard InChI is InChI=1S/C14H19BrN2OS.ClH/c1-10-7-11(15)4-5-13(10)19-9-14(18)17-6-2-3-12(17)8-16;/h4-5,7,12H,2-3,6,8-9,16H2,1H3;1H. The lowest BCUT2D eigenvalue weighted by molar-refractivity contribution is -0.128. The molecule has 0 aromatic heterocycles. The number of nitrogens with two attached hydrogens (primary N) is 1. The van der Waals surface area contributed by atoms with Crippen LogP contribution in [0.25, 0.3) is 0 Å². The van der Waals surface area contributed by atoms with Crippen molar-refractivity contribution in [3.63, 3.8) is 0 Å². The highest BCUT2D eigenvalue weighted by atomic mass is 79.9. The number of thioether (sulfide) groups is 1. The Morgan fingerprint density at radius 3 is 2.95 bits per heavy atom. The van der Waals surface area contributed by atoms with Crippen LogP contribution in [0.4, 0.5) is 0 Å². The number of hydrogen-bond donors (Lipinski definition) is 1. The van der Waals surface area contributed by atoms with Gasteiger partial charge in [0.05, 0.1) is 5.75 Å². The van der Waals surface area contributed by atoms with Crippen molar-refractivity contribution < 1.29 is 4.79 Å². The van der Waals surface area contributed by atoms with Crippen LogP contribution < -0.4 is 5.73 Å². The zero-order valence-corrected chi connectivity index (χ0v) is 14.7. The molecule has 2 rings (SSSR count). The minimum Gasteiger partial charge on any atom is -0.338 e. The molecule has 1 heterocycles. The summed E-state index contributed by atoms with van der Waals surface area (Å²) in [7, 11) is 0. The van der Waals surface area contributed by atoms with Crippen molar-refractivity contribution in [2.24, 2.45) is 5.73 Å². The lowest BCUT2D eigenvalue weighted by Crippen LogP contribution is -2.40. The molecule has 112 valence electrons. The Kier molecular flexibility index (Phi) is 7.37. The molecule has 1 saturated heterocycles. The average Bonchev–Trinajstić information content (AvgIpc) is 2.85. The Morgan fingerprint density at radius 1 is 1.55 bits per heavy atom. The Bertz CT molecular complexity index is 472. The van der Waals surface area contributed by atoms with Gasteiger partial charge in [0, 0.05) is 28.5 Å². The Balaban J connectivity index is 0.00000200. The van der Waals surface area contributed by atoms with Gasteiger partial charge in [-0.3, -0.25) is 4.79 Å². The van der Waals surface area contributed by atoms with Gasteiger partial charge in [-0.1, -0.05) is 15.9 Å². The van der Waals surface area contributed by atoms with Crippen molar-refractivity contribution in [1.29, 1.82) is 0 Å². The molecule has 1 aromatic rings. The van der Waals surface area contributed by atoms with E-state index in [0.717, 1.165) is 23.9 Å². The molecule has 3 nitrogen and oxygen atoms in total. The molecule has 0 bridgehead atoms. The fourth-order valence-electron chi connectivity index (χ4n) is 2.41. The van der Waals surface area contributed by atoms with Gasteiger partial charge in [0.15, 0.2) is 0 Å². The van der Waals surface area contributed by atoms with E-state index in [-0.39, 0.29) is 24.4 Å². The molecule has 0 spiro atoms. The van der Waals surface area contributed by atoms with Crippen LogP contribution in [0.1, 0.15) is 18.4 Å². The van der Waals surface area contributed by atoms with Gasteiger partial charge in [0.2, 0.25) is 5.91 Å². The number of hydrogen-bond acceptors (Lipinski definition) is 3. The predicted molar refractivity (Wildman–Crippen MR) is 90.6 cm³/mol. The number of nitrogens with zero attached hydrogens (tertiary/aromatic N) is 1. The van der Waals surface area contributed by atoms with Crippen molar-refractivity contribution in [2.45, 2.75) is 30.7 Å². The van der Waals surface area contributed by atoms with Crippen molar-refractivity contribution in [2.75, 3.05) is 18.8 Å². The quantitative estimate of drug-likeness (QED) is 0.817. The topological polar surface area (TPSA) is 46.3 Å². The van der Waals surface area contributed by atoms with Gasteiger partial charge >= 0.3 is 0 Å². The molecule has 6 heteroatoms. The molecule has 1 unspecified atom stereocenters. The monoisotopic (exact) mass is 378 g/mol. The largest absolute Gasteiger partial charge is 0.338 e. The van der Waals surface area contributed by atoms with E-state index in [4.69, 9.17) is 5.73 Å². The third kappa shape index (κ3) is 4.38. The molecule has 1 amide bonds. The minimum atomic E-state index is 0. The molecule has 0 saturated carbocycles. The summed E-state index contributed by atoms with van der Waals surface area (Å²) in [5, 5.41) is 0. The molecule has 1 atom stereocenters. The van der Waals surface area contributed by atoms with Crippen LogP contribution in [0.3, 0.4) is 0 Å². The number of amides is 1. The van der Waals surface area contributed by atoms with Gasteiger partial charge in [0.1, 0.15) is 0 Å². The van der Waals surface area contributed by atoms with Crippen LogP contribution >= 0.6 is 40.1 Å². The van der Waals surface area contributed by atoms with Crippen molar-refractivity contribution in [3.05, 3.63) is 28.2 Å². The normalized spacial score (nSPS) is 17.9. The summed E-state index contributed by atoms with van der Waals surface area (Å²) >= 11 is 5.06. The van der Waals surface area contributed by atoms with Gasteiger partial charge < -0.3 is 10.6 Å². The Morgan fingerprint density at radius 2 is 2.30 bits per heavy atom. The summed E-state index contributed by atoms with van der Waals surface area (Å²) < 4.78 is 1.07. The van der Waals surface area contributed by atoms with Gasteiger partial charge in [0.25, 0.3) is 0 Å². The summed E-state index contributed by atoms with van der Waals surface area (Å²) in [4.78, 5) is 15.3. The van der Waals surface area contributed by atoms with Crippen molar-refractivity contribution in [1.82, 2.24) is 4.90 Å². The Hall–Kier alpha value is -0.230. The second-order valence-electron chi connectivity index (χ2n) is 4.82. The maximum Gasteiger partial charge on any atom is 0.233 e. The SMILES string of the molecule is Cc1cc(Br)ccc1SCC(=O)N1CCCC1CN.Cl. The fraction of sp³-hybridized carbons (Fsp3) is 0.500. The minimum absolute atomic E-state index is 0. The summed E-state index contributed by atoms with van der Waals surface area (Å²) in [6, 6.07) is 6.39. The first-order chi connectivity index (χ1) is 9.11. The molecule has 1 aromatic carbocycles. The molecule has 1 fully saturated rings. The number of carbonyl (C=O) groups is 1. The second-order valence-corrected chi connectivity index (χ2v) is 6.75. The highest BCUT2D eigenvalue weighted by Crippen LogP contribution is 2.26. The number of benzene rings is 1.